The van der Waals surface area contributed by atoms with Gasteiger partial charge in [-0.2, -0.15) is 0 Å². The average molecular weight is 346 g/mol. The molecule has 0 unspecified atom stereocenters. The van der Waals surface area contributed by atoms with Crippen molar-refractivity contribution < 1.29 is 19.4 Å². The monoisotopic (exact) mass is 346 g/mol. The molecule has 0 bridgehead atoms. The Kier molecular flexibility index (Phi) is 5.10. The molecule has 1 N–H and O–H groups in total. The maximum atomic E-state index is 12.2. The molecule has 0 aliphatic carbocycles. The summed E-state index contributed by atoms with van der Waals surface area (Å²) in [6.45, 7) is 1.32. The summed E-state index contributed by atoms with van der Waals surface area (Å²) in [6.07, 6.45) is 1.59. The molecule has 1 aromatic heterocycles. The highest BCUT2D eigenvalue weighted by Gasteiger charge is 2.26. The van der Waals surface area contributed by atoms with Gasteiger partial charge in [0.1, 0.15) is 5.75 Å². The fraction of sp³-hybridized carbons (Fsp3) is 0.353. The van der Waals surface area contributed by atoms with Crippen molar-refractivity contribution in [3.05, 3.63) is 46.4 Å². The first-order chi connectivity index (χ1) is 11.6. The van der Waals surface area contributed by atoms with E-state index in [4.69, 9.17) is 9.84 Å². The number of amides is 1. The molecular formula is C17H18N2O4S. The SMILES string of the molecule is O=C(O)c1csc(C2CCN(C(=O)COc3ccccc3)CC2)n1. The lowest BCUT2D eigenvalue weighted by atomic mass is 9.97. The molecule has 1 aromatic carbocycles. The van der Waals surface area contributed by atoms with E-state index < -0.39 is 5.97 Å². The zero-order chi connectivity index (χ0) is 16.9. The number of ether oxygens (including phenoxy) is 1. The summed E-state index contributed by atoms with van der Waals surface area (Å²) in [6, 6.07) is 9.27. The Hall–Kier alpha value is -2.41. The summed E-state index contributed by atoms with van der Waals surface area (Å²) in [5.41, 5.74) is 0.102. The molecule has 1 saturated heterocycles. The van der Waals surface area contributed by atoms with Gasteiger partial charge in [-0.1, -0.05) is 18.2 Å². The number of hydrogen-bond acceptors (Lipinski definition) is 5. The number of aromatic nitrogens is 1. The van der Waals surface area contributed by atoms with Crippen molar-refractivity contribution in [3.63, 3.8) is 0 Å². The van der Waals surface area contributed by atoms with Crippen LogP contribution in [0.4, 0.5) is 0 Å². The molecule has 1 aliphatic rings. The van der Waals surface area contributed by atoms with Crippen LogP contribution in [0.3, 0.4) is 0 Å². The molecule has 7 heteroatoms. The van der Waals surface area contributed by atoms with Gasteiger partial charge < -0.3 is 14.7 Å². The van der Waals surface area contributed by atoms with Crippen LogP contribution < -0.4 is 4.74 Å². The number of likely N-dealkylation sites (tertiary alicyclic amines) is 1. The predicted octanol–water partition coefficient (Wildman–Crippen LogP) is 2.63. The van der Waals surface area contributed by atoms with E-state index in [0.29, 0.717) is 18.8 Å². The Morgan fingerprint density at radius 3 is 2.58 bits per heavy atom. The average Bonchev–Trinajstić information content (AvgIpc) is 3.11. The van der Waals surface area contributed by atoms with E-state index in [1.54, 1.807) is 10.3 Å². The molecular weight excluding hydrogens is 328 g/mol. The van der Waals surface area contributed by atoms with Crippen LogP contribution in [0.15, 0.2) is 35.7 Å². The molecule has 0 radical (unpaired) electrons. The highest BCUT2D eigenvalue weighted by Crippen LogP contribution is 2.30. The first-order valence-electron chi connectivity index (χ1n) is 7.78. The number of piperidine rings is 1. The first-order valence-corrected chi connectivity index (χ1v) is 8.66. The minimum atomic E-state index is -0.997. The minimum Gasteiger partial charge on any atom is -0.484 e. The predicted molar refractivity (Wildman–Crippen MR) is 89.6 cm³/mol. The van der Waals surface area contributed by atoms with Gasteiger partial charge in [0.25, 0.3) is 5.91 Å². The molecule has 0 atom stereocenters. The third-order valence-corrected chi connectivity index (χ3v) is 5.05. The summed E-state index contributed by atoms with van der Waals surface area (Å²) >= 11 is 1.38. The molecule has 126 valence electrons. The van der Waals surface area contributed by atoms with Gasteiger partial charge in [-0.3, -0.25) is 4.79 Å². The van der Waals surface area contributed by atoms with E-state index in [2.05, 4.69) is 4.98 Å². The highest BCUT2D eigenvalue weighted by molar-refractivity contribution is 7.09. The molecule has 0 spiro atoms. The van der Waals surface area contributed by atoms with Crippen molar-refractivity contribution in [1.29, 1.82) is 0 Å². The summed E-state index contributed by atoms with van der Waals surface area (Å²) in [5, 5.41) is 11.4. The Morgan fingerprint density at radius 1 is 1.25 bits per heavy atom. The number of nitrogens with zero attached hydrogens (tertiary/aromatic N) is 2. The smallest absolute Gasteiger partial charge is 0.355 e. The van der Waals surface area contributed by atoms with E-state index in [9.17, 15) is 9.59 Å². The Morgan fingerprint density at radius 2 is 1.96 bits per heavy atom. The standard InChI is InChI=1S/C17H18N2O4S/c20-15(10-23-13-4-2-1-3-5-13)19-8-6-12(7-9-19)16-18-14(11-24-16)17(21)22/h1-5,11-12H,6-10H2,(H,21,22). The lowest BCUT2D eigenvalue weighted by molar-refractivity contribution is -0.134. The van der Waals surface area contributed by atoms with Gasteiger partial charge in [0, 0.05) is 24.4 Å². The second-order valence-electron chi connectivity index (χ2n) is 5.63. The van der Waals surface area contributed by atoms with Gasteiger partial charge in [0.2, 0.25) is 0 Å². The van der Waals surface area contributed by atoms with Gasteiger partial charge in [-0.25, -0.2) is 9.78 Å². The number of thiazole rings is 1. The van der Waals surface area contributed by atoms with Gasteiger partial charge in [-0.05, 0) is 25.0 Å². The number of para-hydroxylation sites is 1. The number of carbonyl (C=O) groups is 2. The lowest BCUT2D eigenvalue weighted by Crippen LogP contribution is -2.40. The van der Waals surface area contributed by atoms with E-state index in [-0.39, 0.29) is 24.1 Å². The topological polar surface area (TPSA) is 79.7 Å². The lowest BCUT2D eigenvalue weighted by Gasteiger charge is -2.31. The quantitative estimate of drug-likeness (QED) is 0.900. The van der Waals surface area contributed by atoms with Crippen molar-refractivity contribution in [2.24, 2.45) is 0 Å². The van der Waals surface area contributed by atoms with E-state index in [1.807, 2.05) is 30.3 Å². The zero-order valence-electron chi connectivity index (χ0n) is 13.1. The Balaban J connectivity index is 1.49. The molecule has 1 amide bonds. The number of carboxylic acids is 1. The zero-order valence-corrected chi connectivity index (χ0v) is 13.9. The van der Waals surface area contributed by atoms with Crippen LogP contribution in [0.1, 0.15) is 34.3 Å². The number of carbonyl (C=O) groups excluding carboxylic acids is 1. The molecule has 3 rings (SSSR count). The third kappa shape index (κ3) is 3.91. The Labute approximate surface area is 143 Å². The fourth-order valence-corrected chi connectivity index (χ4v) is 3.67. The van der Waals surface area contributed by atoms with Gasteiger partial charge in [0.15, 0.2) is 12.3 Å². The normalized spacial score (nSPS) is 15.2. The molecule has 1 fully saturated rings. The van der Waals surface area contributed by atoms with Crippen molar-refractivity contribution in [2.45, 2.75) is 18.8 Å². The minimum absolute atomic E-state index is 0.0253. The number of aromatic carboxylic acids is 1. The van der Waals surface area contributed by atoms with E-state index in [1.165, 1.54) is 11.3 Å². The summed E-state index contributed by atoms with van der Waals surface area (Å²) in [7, 11) is 0. The third-order valence-electron chi connectivity index (χ3n) is 4.04. The molecule has 2 heterocycles. The number of benzene rings is 1. The van der Waals surface area contributed by atoms with Crippen molar-refractivity contribution in [3.8, 4) is 5.75 Å². The summed E-state index contributed by atoms with van der Waals surface area (Å²) in [5.74, 6) is -0.113. The molecule has 6 nitrogen and oxygen atoms in total. The van der Waals surface area contributed by atoms with E-state index >= 15 is 0 Å². The molecule has 24 heavy (non-hydrogen) atoms. The largest absolute Gasteiger partial charge is 0.484 e. The first kappa shape index (κ1) is 16.4. The van der Waals surface area contributed by atoms with Crippen molar-refractivity contribution in [2.75, 3.05) is 19.7 Å². The van der Waals surface area contributed by atoms with Crippen LogP contribution in [0.2, 0.25) is 0 Å². The summed E-state index contributed by atoms with van der Waals surface area (Å²) < 4.78 is 5.50. The maximum absolute atomic E-state index is 12.2. The van der Waals surface area contributed by atoms with Crippen molar-refractivity contribution in [1.82, 2.24) is 9.88 Å². The van der Waals surface area contributed by atoms with Crippen LogP contribution in [-0.2, 0) is 4.79 Å². The van der Waals surface area contributed by atoms with Gasteiger partial charge >= 0.3 is 5.97 Å². The van der Waals surface area contributed by atoms with Crippen LogP contribution in [0.5, 0.6) is 5.75 Å². The molecule has 0 saturated carbocycles. The maximum Gasteiger partial charge on any atom is 0.355 e. The van der Waals surface area contributed by atoms with Crippen LogP contribution in [0.25, 0.3) is 0 Å². The van der Waals surface area contributed by atoms with Crippen LogP contribution in [0, 0.1) is 0 Å². The van der Waals surface area contributed by atoms with Crippen LogP contribution in [-0.4, -0.2) is 46.6 Å². The van der Waals surface area contributed by atoms with Gasteiger partial charge in [0.05, 0.1) is 5.01 Å². The molecule has 2 aromatic rings. The van der Waals surface area contributed by atoms with Crippen LogP contribution >= 0.6 is 11.3 Å². The summed E-state index contributed by atoms with van der Waals surface area (Å²) in [4.78, 5) is 29.1. The van der Waals surface area contributed by atoms with Crippen molar-refractivity contribution >= 4 is 23.2 Å². The number of hydrogen-bond donors (Lipinski definition) is 1. The van der Waals surface area contributed by atoms with Gasteiger partial charge in [-0.15, -0.1) is 11.3 Å². The highest BCUT2D eigenvalue weighted by atomic mass is 32.1. The number of carboxylic acid groups (broad SMARTS) is 1. The second-order valence-corrected chi connectivity index (χ2v) is 6.52. The molecule has 1 aliphatic heterocycles. The number of rotatable bonds is 5. The fourth-order valence-electron chi connectivity index (χ4n) is 2.70. The van der Waals surface area contributed by atoms with E-state index in [0.717, 1.165) is 17.8 Å². The second kappa shape index (κ2) is 7.44. The Bertz CT molecular complexity index is 708.